The standard InChI is InChI=1S/C19H14F3O.C5H5.Fe/c20-19(21,22)16-9-5-14(6-10-16)18(13-3-1-2-4-13)15-7-11-17(23)12-8-15;1-2-4-5-3-1;/h1-12,18,23H;1-5H;/q;;+2. The summed E-state index contributed by atoms with van der Waals surface area (Å²) in [6.45, 7) is 0. The molecule has 29 heavy (non-hydrogen) atoms. The van der Waals surface area contributed by atoms with E-state index in [9.17, 15) is 18.3 Å². The van der Waals surface area contributed by atoms with Crippen molar-refractivity contribution >= 4 is 0 Å². The van der Waals surface area contributed by atoms with Gasteiger partial charge in [-0.25, -0.2) is 0 Å². The molecule has 2 aromatic carbocycles. The molecule has 0 bridgehead atoms. The second-order valence-electron chi connectivity index (χ2n) is 6.32. The van der Waals surface area contributed by atoms with E-state index >= 15 is 0 Å². The first-order valence-electron chi connectivity index (χ1n) is 8.79. The molecule has 1 nitrogen and oxygen atoms in total. The van der Waals surface area contributed by atoms with Crippen LogP contribution >= 0.6 is 0 Å². The summed E-state index contributed by atoms with van der Waals surface area (Å²) < 4.78 is 38.2. The molecule has 0 amide bonds. The fourth-order valence-electron chi connectivity index (χ4n) is 3.01. The summed E-state index contributed by atoms with van der Waals surface area (Å²) in [7, 11) is 0. The Labute approximate surface area is 182 Å². The fourth-order valence-corrected chi connectivity index (χ4v) is 3.01. The van der Waals surface area contributed by atoms with Gasteiger partial charge in [0.15, 0.2) is 0 Å². The molecule has 4 rings (SSSR count). The molecule has 2 aromatic rings. The number of benzene rings is 2. The van der Waals surface area contributed by atoms with E-state index in [2.05, 4.69) is 0 Å². The van der Waals surface area contributed by atoms with E-state index in [4.69, 9.17) is 0 Å². The largest absolute Gasteiger partial charge is 2.00 e. The molecule has 1 unspecified atom stereocenters. The summed E-state index contributed by atoms with van der Waals surface area (Å²) in [6, 6.07) is 11.9. The molecule has 1 atom stereocenters. The van der Waals surface area contributed by atoms with Crippen LogP contribution in [-0.4, -0.2) is 5.11 Å². The topological polar surface area (TPSA) is 20.2 Å². The molecule has 2 fully saturated rings. The minimum Gasteiger partial charge on any atom is -0.508 e. The van der Waals surface area contributed by atoms with Crippen LogP contribution in [0.5, 0.6) is 5.75 Å². The smallest absolute Gasteiger partial charge is 0.508 e. The van der Waals surface area contributed by atoms with E-state index in [1.165, 1.54) is 12.1 Å². The van der Waals surface area contributed by atoms with Crippen molar-refractivity contribution in [3.63, 3.8) is 0 Å². The third kappa shape index (κ3) is 6.79. The van der Waals surface area contributed by atoms with Crippen molar-refractivity contribution in [1.29, 1.82) is 0 Å². The average Bonchev–Trinajstić information content (AvgIpc) is 3.40. The van der Waals surface area contributed by atoms with Crippen molar-refractivity contribution in [2.75, 3.05) is 0 Å². The van der Waals surface area contributed by atoms with Crippen molar-refractivity contribution in [3.8, 4) is 5.75 Å². The van der Waals surface area contributed by atoms with Gasteiger partial charge in [-0.2, -0.15) is 13.2 Å². The summed E-state index contributed by atoms with van der Waals surface area (Å²) in [5, 5.41) is 9.44. The first-order chi connectivity index (χ1) is 13.4. The molecular formula is C24H19F3FeO+2. The van der Waals surface area contributed by atoms with Gasteiger partial charge in [0.2, 0.25) is 0 Å². The van der Waals surface area contributed by atoms with Crippen molar-refractivity contribution in [1.82, 2.24) is 0 Å². The molecule has 10 radical (unpaired) electrons. The quantitative estimate of drug-likeness (QED) is 0.589. The Bertz CT molecular complexity index is 708. The molecule has 0 spiro atoms. The van der Waals surface area contributed by atoms with Crippen molar-refractivity contribution in [2.45, 2.75) is 12.1 Å². The van der Waals surface area contributed by atoms with Gasteiger partial charge in [-0.05, 0) is 99.1 Å². The monoisotopic (exact) mass is 436 g/mol. The van der Waals surface area contributed by atoms with Crippen LogP contribution in [0, 0.1) is 63.7 Å². The zero-order valence-corrected chi connectivity index (χ0v) is 16.4. The second-order valence-corrected chi connectivity index (χ2v) is 6.32. The maximum absolute atomic E-state index is 12.7. The van der Waals surface area contributed by atoms with Gasteiger partial charge < -0.3 is 5.11 Å². The third-order valence-corrected chi connectivity index (χ3v) is 4.38. The number of halogens is 3. The minimum atomic E-state index is -4.34. The molecule has 0 heterocycles. The number of hydrogen-bond donors (Lipinski definition) is 1. The Morgan fingerprint density at radius 1 is 0.621 bits per heavy atom. The van der Waals surface area contributed by atoms with Gasteiger partial charge in [0.25, 0.3) is 0 Å². The van der Waals surface area contributed by atoms with Gasteiger partial charge in [0.05, 0.1) is 5.56 Å². The van der Waals surface area contributed by atoms with Crippen LogP contribution in [0.15, 0.2) is 48.5 Å². The number of phenols is 1. The molecule has 148 valence electrons. The second kappa shape index (κ2) is 11.1. The van der Waals surface area contributed by atoms with Gasteiger partial charge in [-0.1, -0.05) is 24.3 Å². The Balaban J connectivity index is 0.000000437. The molecule has 2 saturated carbocycles. The zero-order chi connectivity index (χ0) is 20.0. The Morgan fingerprint density at radius 2 is 1.03 bits per heavy atom. The summed E-state index contributed by atoms with van der Waals surface area (Å²) in [5.74, 6) is 0.978. The maximum atomic E-state index is 12.7. The predicted molar refractivity (Wildman–Crippen MR) is 103 cm³/mol. The molecule has 0 aliphatic heterocycles. The first-order valence-corrected chi connectivity index (χ1v) is 8.79. The van der Waals surface area contributed by atoms with Gasteiger partial charge >= 0.3 is 23.2 Å². The summed E-state index contributed by atoms with van der Waals surface area (Å²) in [6.07, 6.45) is 13.3. The third-order valence-electron chi connectivity index (χ3n) is 4.38. The van der Waals surface area contributed by atoms with E-state index in [1.807, 2.05) is 57.8 Å². The number of alkyl halides is 3. The van der Waals surface area contributed by atoms with Gasteiger partial charge in [0.1, 0.15) is 5.75 Å². The molecule has 2 aliphatic carbocycles. The van der Waals surface area contributed by atoms with Crippen LogP contribution in [0.3, 0.4) is 0 Å². The van der Waals surface area contributed by atoms with Crippen LogP contribution in [0.25, 0.3) is 0 Å². The molecule has 5 heteroatoms. The summed E-state index contributed by atoms with van der Waals surface area (Å²) in [5.41, 5.74) is 1.02. The van der Waals surface area contributed by atoms with Gasteiger partial charge in [-0.15, -0.1) is 0 Å². The van der Waals surface area contributed by atoms with E-state index in [-0.39, 0.29) is 28.7 Å². The van der Waals surface area contributed by atoms with Crippen LogP contribution in [0.1, 0.15) is 22.6 Å². The molecule has 1 N–H and O–H groups in total. The van der Waals surface area contributed by atoms with E-state index in [0.717, 1.165) is 29.2 Å². The summed E-state index contributed by atoms with van der Waals surface area (Å²) >= 11 is 0. The predicted octanol–water partition coefficient (Wildman–Crippen LogP) is 5.97. The number of aromatic hydroxyl groups is 1. The van der Waals surface area contributed by atoms with Crippen molar-refractivity contribution in [3.05, 3.63) is 129 Å². The minimum absolute atomic E-state index is 0. The normalized spacial score (nSPS) is 17.9. The Hall–Kier alpha value is -1.45. The van der Waals surface area contributed by atoms with Gasteiger partial charge in [0, 0.05) is 5.92 Å². The molecular weight excluding hydrogens is 417 g/mol. The molecule has 0 aromatic heterocycles. The van der Waals surface area contributed by atoms with Crippen LogP contribution in [0.4, 0.5) is 13.2 Å². The maximum Gasteiger partial charge on any atom is 2.00 e. The zero-order valence-electron chi connectivity index (χ0n) is 15.3. The average molecular weight is 436 g/mol. The van der Waals surface area contributed by atoms with Crippen molar-refractivity contribution < 1.29 is 35.3 Å². The van der Waals surface area contributed by atoms with E-state index < -0.39 is 11.7 Å². The fraction of sp³-hybridized carbons (Fsp3) is 0.0833. The van der Waals surface area contributed by atoms with Crippen molar-refractivity contribution in [2.24, 2.45) is 0 Å². The number of hydrogen-bond acceptors (Lipinski definition) is 1. The SMILES string of the molecule is Oc1ccc(C([C]2[CH][CH][CH][CH]2)c2ccc(C(F)(F)F)cc2)cc1.[CH]1[CH][CH][CH][CH]1.[Fe+2]. The van der Waals surface area contributed by atoms with E-state index in [0.29, 0.717) is 0 Å². The van der Waals surface area contributed by atoms with E-state index in [1.54, 1.807) is 24.3 Å². The van der Waals surface area contributed by atoms with Crippen LogP contribution in [-0.2, 0) is 23.2 Å². The number of rotatable bonds is 3. The molecule has 2 aliphatic rings. The van der Waals surface area contributed by atoms with Crippen LogP contribution in [0.2, 0.25) is 0 Å². The Kier molecular flexibility index (Phi) is 9.10. The first kappa shape index (κ1) is 23.8. The van der Waals surface area contributed by atoms with Crippen LogP contribution < -0.4 is 0 Å². The summed E-state index contributed by atoms with van der Waals surface area (Å²) in [4.78, 5) is 0. The Morgan fingerprint density at radius 3 is 1.45 bits per heavy atom. The molecule has 0 saturated heterocycles. The van der Waals surface area contributed by atoms with Gasteiger partial charge in [-0.3, -0.25) is 0 Å². The number of phenolic OH excluding ortho intramolecular Hbond substituents is 1.